The van der Waals surface area contributed by atoms with Crippen LogP contribution in [0.25, 0.3) is 0 Å². The van der Waals surface area contributed by atoms with Crippen LogP contribution in [-0.2, 0) is 0 Å². The molecule has 1 aromatic carbocycles. The average molecular weight is 368 g/mol. The van der Waals surface area contributed by atoms with E-state index in [4.69, 9.17) is 16.3 Å². The summed E-state index contributed by atoms with van der Waals surface area (Å²) in [5.41, 5.74) is 0.665. The van der Waals surface area contributed by atoms with Gasteiger partial charge in [-0.25, -0.2) is 4.98 Å². The van der Waals surface area contributed by atoms with Crippen molar-refractivity contribution in [1.82, 2.24) is 9.88 Å². The van der Waals surface area contributed by atoms with E-state index in [2.05, 4.69) is 20.9 Å². The quantitative estimate of drug-likeness (QED) is 0.835. The summed E-state index contributed by atoms with van der Waals surface area (Å²) in [4.78, 5) is 18.1. The maximum absolute atomic E-state index is 12.3. The second kappa shape index (κ2) is 6.03. The van der Waals surface area contributed by atoms with E-state index in [1.807, 2.05) is 18.2 Å². The lowest BCUT2D eigenvalue weighted by Gasteiger charge is -2.38. The van der Waals surface area contributed by atoms with Crippen molar-refractivity contribution in [2.45, 2.75) is 6.10 Å². The molecule has 1 aliphatic heterocycles. The normalized spacial score (nSPS) is 14.7. The Bertz CT molecular complexity index is 674. The van der Waals surface area contributed by atoms with E-state index in [1.54, 1.807) is 29.3 Å². The summed E-state index contributed by atoms with van der Waals surface area (Å²) in [6.45, 7) is 1.08. The summed E-state index contributed by atoms with van der Waals surface area (Å²) in [7, 11) is 0. The number of rotatable bonds is 3. The lowest BCUT2D eigenvalue weighted by molar-refractivity contribution is 0.0160. The molecule has 1 aromatic heterocycles. The molecule has 4 nitrogen and oxygen atoms in total. The Morgan fingerprint density at radius 2 is 2.14 bits per heavy atom. The van der Waals surface area contributed by atoms with Crippen molar-refractivity contribution >= 4 is 33.4 Å². The Kier molecular flexibility index (Phi) is 4.12. The van der Waals surface area contributed by atoms with Crippen molar-refractivity contribution in [2.24, 2.45) is 0 Å². The van der Waals surface area contributed by atoms with Crippen LogP contribution in [0.4, 0.5) is 0 Å². The first-order valence-corrected chi connectivity index (χ1v) is 7.62. The Labute approximate surface area is 135 Å². The zero-order valence-electron chi connectivity index (χ0n) is 11.0. The van der Waals surface area contributed by atoms with E-state index in [9.17, 15) is 4.79 Å². The first-order valence-electron chi connectivity index (χ1n) is 6.45. The topological polar surface area (TPSA) is 42.4 Å². The Morgan fingerprint density at radius 3 is 2.86 bits per heavy atom. The van der Waals surface area contributed by atoms with Crippen molar-refractivity contribution in [1.29, 1.82) is 0 Å². The maximum atomic E-state index is 12.3. The summed E-state index contributed by atoms with van der Waals surface area (Å²) in [6.07, 6.45) is 1.57. The van der Waals surface area contributed by atoms with Gasteiger partial charge in [-0.05, 0) is 30.3 Å². The molecule has 0 spiro atoms. The average Bonchev–Trinajstić information content (AvgIpc) is 2.43. The number of halogens is 2. The van der Waals surface area contributed by atoms with Crippen LogP contribution in [0.1, 0.15) is 10.4 Å². The number of ether oxygens (including phenoxy) is 1. The minimum Gasteiger partial charge on any atom is -0.470 e. The Balaban J connectivity index is 1.58. The SMILES string of the molecule is O=C(c1cccc(Br)c1)N1CC(Oc2ncccc2Cl)C1. The third-order valence-electron chi connectivity index (χ3n) is 3.21. The molecular weight excluding hydrogens is 356 g/mol. The molecule has 0 unspecified atom stereocenters. The van der Waals surface area contributed by atoms with Crippen molar-refractivity contribution in [3.8, 4) is 5.88 Å². The molecule has 108 valence electrons. The van der Waals surface area contributed by atoms with Gasteiger partial charge in [0.15, 0.2) is 0 Å². The van der Waals surface area contributed by atoms with Crippen molar-refractivity contribution in [3.05, 3.63) is 57.7 Å². The fraction of sp³-hybridized carbons (Fsp3) is 0.200. The van der Waals surface area contributed by atoms with Gasteiger partial charge in [-0.15, -0.1) is 0 Å². The van der Waals surface area contributed by atoms with E-state index in [0.29, 0.717) is 29.6 Å². The van der Waals surface area contributed by atoms with E-state index in [1.165, 1.54) is 0 Å². The maximum Gasteiger partial charge on any atom is 0.254 e. The monoisotopic (exact) mass is 366 g/mol. The van der Waals surface area contributed by atoms with Crippen LogP contribution in [0.3, 0.4) is 0 Å². The minimum atomic E-state index is -0.0616. The van der Waals surface area contributed by atoms with Crippen LogP contribution in [0.15, 0.2) is 47.1 Å². The van der Waals surface area contributed by atoms with Gasteiger partial charge < -0.3 is 9.64 Å². The van der Waals surface area contributed by atoms with Gasteiger partial charge >= 0.3 is 0 Å². The van der Waals surface area contributed by atoms with E-state index < -0.39 is 0 Å². The first kappa shape index (κ1) is 14.4. The molecule has 0 atom stereocenters. The lowest BCUT2D eigenvalue weighted by atomic mass is 10.1. The standard InChI is InChI=1S/C15H12BrClN2O2/c16-11-4-1-3-10(7-11)15(20)19-8-12(9-19)21-14-13(17)5-2-6-18-14/h1-7,12H,8-9H2. The van der Waals surface area contributed by atoms with E-state index in [-0.39, 0.29) is 12.0 Å². The van der Waals surface area contributed by atoms with Crippen LogP contribution < -0.4 is 4.74 Å². The van der Waals surface area contributed by atoms with Gasteiger partial charge in [0.2, 0.25) is 5.88 Å². The molecule has 2 aromatic rings. The number of carbonyl (C=O) groups is 1. The number of amides is 1. The van der Waals surface area contributed by atoms with Gasteiger partial charge in [0, 0.05) is 16.2 Å². The van der Waals surface area contributed by atoms with Gasteiger partial charge in [-0.2, -0.15) is 0 Å². The van der Waals surface area contributed by atoms with Crippen LogP contribution in [0.2, 0.25) is 5.02 Å². The number of carbonyl (C=O) groups excluding carboxylic acids is 1. The Morgan fingerprint density at radius 1 is 1.33 bits per heavy atom. The van der Waals surface area contributed by atoms with Gasteiger partial charge in [0.05, 0.1) is 13.1 Å². The number of benzene rings is 1. The van der Waals surface area contributed by atoms with Gasteiger partial charge in [-0.3, -0.25) is 4.79 Å². The highest BCUT2D eigenvalue weighted by Crippen LogP contribution is 2.25. The second-order valence-corrected chi connectivity index (χ2v) is 6.07. The summed E-state index contributed by atoms with van der Waals surface area (Å²) >= 11 is 9.35. The first-order chi connectivity index (χ1) is 10.1. The van der Waals surface area contributed by atoms with E-state index >= 15 is 0 Å². The number of hydrogen-bond donors (Lipinski definition) is 0. The lowest BCUT2D eigenvalue weighted by Crippen LogP contribution is -2.56. The molecule has 0 aliphatic carbocycles. The molecule has 3 rings (SSSR count). The molecule has 1 fully saturated rings. The van der Waals surface area contributed by atoms with Crippen LogP contribution in [0, 0.1) is 0 Å². The molecule has 1 aliphatic rings. The van der Waals surface area contributed by atoms with Crippen molar-refractivity contribution < 1.29 is 9.53 Å². The van der Waals surface area contributed by atoms with Gasteiger partial charge in [0.25, 0.3) is 5.91 Å². The Hall–Kier alpha value is -1.59. The molecule has 0 saturated carbocycles. The molecule has 0 N–H and O–H groups in total. The predicted molar refractivity (Wildman–Crippen MR) is 83.7 cm³/mol. The summed E-state index contributed by atoms with van der Waals surface area (Å²) in [5, 5.41) is 0.481. The van der Waals surface area contributed by atoms with Gasteiger partial charge in [0.1, 0.15) is 11.1 Å². The fourth-order valence-electron chi connectivity index (χ4n) is 2.10. The molecule has 1 amide bonds. The van der Waals surface area contributed by atoms with Crippen LogP contribution >= 0.6 is 27.5 Å². The molecule has 0 bridgehead atoms. The van der Waals surface area contributed by atoms with Gasteiger partial charge in [-0.1, -0.05) is 33.6 Å². The number of likely N-dealkylation sites (tertiary alicyclic amines) is 1. The van der Waals surface area contributed by atoms with E-state index in [0.717, 1.165) is 4.47 Å². The minimum absolute atomic E-state index is 0.00303. The number of aromatic nitrogens is 1. The summed E-state index contributed by atoms with van der Waals surface area (Å²) in [5.74, 6) is 0.419. The molecule has 6 heteroatoms. The number of nitrogens with zero attached hydrogens (tertiary/aromatic N) is 2. The highest BCUT2D eigenvalue weighted by molar-refractivity contribution is 9.10. The van der Waals surface area contributed by atoms with Crippen LogP contribution in [-0.4, -0.2) is 35.0 Å². The number of hydrogen-bond acceptors (Lipinski definition) is 3. The highest BCUT2D eigenvalue weighted by Gasteiger charge is 2.33. The van der Waals surface area contributed by atoms with Crippen molar-refractivity contribution in [2.75, 3.05) is 13.1 Å². The highest BCUT2D eigenvalue weighted by atomic mass is 79.9. The van der Waals surface area contributed by atoms with Crippen molar-refractivity contribution in [3.63, 3.8) is 0 Å². The van der Waals surface area contributed by atoms with Crippen LogP contribution in [0.5, 0.6) is 5.88 Å². The third kappa shape index (κ3) is 3.19. The predicted octanol–water partition coefficient (Wildman–Crippen LogP) is 3.40. The second-order valence-electron chi connectivity index (χ2n) is 4.75. The number of pyridine rings is 1. The molecule has 21 heavy (non-hydrogen) atoms. The molecule has 2 heterocycles. The summed E-state index contributed by atoms with van der Waals surface area (Å²) < 4.78 is 6.57. The largest absolute Gasteiger partial charge is 0.470 e. The zero-order chi connectivity index (χ0) is 14.8. The molecular formula is C15H12BrClN2O2. The fourth-order valence-corrected chi connectivity index (χ4v) is 2.66. The zero-order valence-corrected chi connectivity index (χ0v) is 13.3. The third-order valence-corrected chi connectivity index (χ3v) is 3.99. The molecule has 0 radical (unpaired) electrons. The smallest absolute Gasteiger partial charge is 0.254 e. The molecule has 1 saturated heterocycles. The summed E-state index contributed by atoms with van der Waals surface area (Å²) in [6, 6.07) is 10.8.